The molecule has 12 aliphatic carbocycles. The Kier molecular flexibility index (Phi) is 22.2. The zero-order valence-electron chi connectivity index (χ0n) is 56.6. The molecule has 0 saturated carbocycles. The van der Waals surface area contributed by atoms with Crippen LogP contribution in [0.1, 0.15) is 281 Å². The Labute approximate surface area is 563 Å². The summed E-state index contributed by atoms with van der Waals surface area (Å²) in [7, 11) is -4.67. The van der Waals surface area contributed by atoms with Gasteiger partial charge in [-0.2, -0.15) is 8.42 Å². The highest BCUT2D eigenvalue weighted by Crippen LogP contribution is 2.43. The van der Waals surface area contributed by atoms with Crippen LogP contribution in [0.4, 0.5) is 0 Å². The number of allylic oxidation sites excluding steroid dienone is 2. The first-order valence-corrected chi connectivity index (χ1v) is 37.5. The van der Waals surface area contributed by atoms with Crippen molar-refractivity contribution in [2.24, 2.45) is 23.7 Å². The topological polar surface area (TPSA) is 149 Å². The zero-order valence-corrected chi connectivity index (χ0v) is 57.4. The van der Waals surface area contributed by atoms with Gasteiger partial charge in [0.1, 0.15) is 0 Å². The van der Waals surface area contributed by atoms with E-state index < -0.39 is 10.4 Å². The Bertz CT molecular complexity index is 3990. The number of aryl methyl sites for hydroxylation is 9. The largest absolute Gasteiger partial charge is 0.394 e. The molecule has 6 aromatic rings. The monoisotopic (exact) mass is 1290 g/mol. The van der Waals surface area contributed by atoms with E-state index in [-0.39, 0.29) is 31.5 Å². The molecule has 0 heterocycles. The van der Waals surface area contributed by atoms with Crippen LogP contribution in [0.3, 0.4) is 0 Å². The van der Waals surface area contributed by atoms with Crippen molar-refractivity contribution in [3.05, 3.63) is 217 Å². The van der Waals surface area contributed by atoms with Crippen LogP contribution in [0, 0.1) is 23.7 Å². The van der Waals surface area contributed by atoms with E-state index in [1.807, 2.05) is 6.92 Å². The van der Waals surface area contributed by atoms with E-state index in [4.69, 9.17) is 17.5 Å². The molecular formula is C85H106O8S. The first kappa shape index (κ1) is 69.3. The van der Waals surface area contributed by atoms with Gasteiger partial charge in [0.25, 0.3) is 0 Å². The van der Waals surface area contributed by atoms with Crippen molar-refractivity contribution < 1.29 is 37.3 Å². The predicted octanol–water partition coefficient (Wildman–Crippen LogP) is 18.5. The fourth-order valence-electron chi connectivity index (χ4n) is 17.8. The normalized spacial score (nSPS) is 23.0. The highest BCUT2D eigenvalue weighted by molar-refractivity contribution is 7.79. The molecular weight excluding hydrogens is 1180 g/mol. The molecule has 0 aliphatic heterocycles. The Morgan fingerprint density at radius 2 is 0.777 bits per heavy atom. The first-order chi connectivity index (χ1) is 44.7. The molecule has 4 N–H and O–H groups in total. The highest BCUT2D eigenvalue weighted by Gasteiger charge is 2.34. The third-order valence-electron chi connectivity index (χ3n) is 22.7. The van der Waals surface area contributed by atoms with Gasteiger partial charge >= 0.3 is 10.4 Å². The van der Waals surface area contributed by atoms with E-state index in [1.165, 1.54) is 250 Å². The number of hydrogen-bond donors (Lipinski definition) is 4. The van der Waals surface area contributed by atoms with Gasteiger partial charge < -0.3 is 10.2 Å². The zero-order chi connectivity index (χ0) is 65.2. The summed E-state index contributed by atoms with van der Waals surface area (Å²) in [5, 5.41) is 20.3. The van der Waals surface area contributed by atoms with Crippen molar-refractivity contribution in [1.29, 1.82) is 0 Å². The molecule has 6 atom stereocenters. The second-order valence-corrected chi connectivity index (χ2v) is 30.8. The van der Waals surface area contributed by atoms with E-state index in [0.29, 0.717) is 23.4 Å². The van der Waals surface area contributed by atoms with Gasteiger partial charge in [-0.3, -0.25) is 18.7 Å². The van der Waals surface area contributed by atoms with Crippen LogP contribution < -0.4 is 0 Å². The third kappa shape index (κ3) is 15.7. The molecule has 0 radical (unpaired) electrons. The summed E-state index contributed by atoms with van der Waals surface area (Å²) in [4.78, 5) is 24.0. The third-order valence-corrected chi connectivity index (χ3v) is 22.7. The van der Waals surface area contributed by atoms with Gasteiger partial charge in [0.15, 0.2) is 11.6 Å². The lowest BCUT2D eigenvalue weighted by molar-refractivity contribution is 0.0938. The maximum absolute atomic E-state index is 12.1. The lowest BCUT2D eigenvalue weighted by Crippen LogP contribution is -2.11. The molecule has 0 amide bonds. The molecule has 0 bridgehead atoms. The lowest BCUT2D eigenvalue weighted by Gasteiger charge is -2.21. The van der Waals surface area contributed by atoms with Crippen LogP contribution in [0.2, 0.25) is 0 Å². The Morgan fingerprint density at radius 3 is 1.38 bits per heavy atom. The van der Waals surface area contributed by atoms with E-state index in [2.05, 4.69) is 120 Å². The molecule has 8 nitrogen and oxygen atoms in total. The van der Waals surface area contributed by atoms with E-state index >= 15 is 0 Å². The average molecular weight is 1290 g/mol. The quantitative estimate of drug-likeness (QED) is 0.110. The fourth-order valence-corrected chi connectivity index (χ4v) is 17.8. The van der Waals surface area contributed by atoms with Gasteiger partial charge in [0.2, 0.25) is 0 Å². The number of aliphatic hydroxyl groups is 2. The van der Waals surface area contributed by atoms with Crippen molar-refractivity contribution in [1.82, 2.24) is 0 Å². The van der Waals surface area contributed by atoms with Crippen molar-refractivity contribution >= 4 is 34.1 Å². The summed E-state index contributed by atoms with van der Waals surface area (Å²) in [5.74, 6) is 2.00. The molecule has 0 saturated heterocycles. The van der Waals surface area contributed by atoms with Crippen molar-refractivity contribution in [3.8, 4) is 0 Å². The van der Waals surface area contributed by atoms with Crippen LogP contribution in [0.25, 0.3) is 12.2 Å². The van der Waals surface area contributed by atoms with Gasteiger partial charge in [-0.1, -0.05) is 125 Å². The minimum atomic E-state index is -4.67. The summed E-state index contributed by atoms with van der Waals surface area (Å²) in [6, 6.07) is 27.7. The van der Waals surface area contributed by atoms with E-state index in [0.717, 1.165) is 43.2 Å². The van der Waals surface area contributed by atoms with Crippen LogP contribution >= 0.6 is 0 Å². The molecule has 0 fully saturated rings. The maximum atomic E-state index is 12.1. The molecule has 6 aromatic carbocycles. The minimum Gasteiger partial charge on any atom is -0.388 e. The number of aliphatic hydroxyl groups excluding tert-OH is 2. The number of carbonyl (C=O) groups excluding carboxylic acids is 2. The van der Waals surface area contributed by atoms with Gasteiger partial charge in [0, 0.05) is 23.0 Å². The molecule has 0 spiro atoms. The smallest absolute Gasteiger partial charge is 0.388 e. The maximum Gasteiger partial charge on any atom is 0.394 e. The molecule has 12 aliphatic rings. The summed E-state index contributed by atoms with van der Waals surface area (Å²) < 4.78 is 31.6. The van der Waals surface area contributed by atoms with Gasteiger partial charge in [0.05, 0.1) is 12.2 Å². The first-order valence-electron chi connectivity index (χ1n) is 36.1. The SMILES string of the molecule is C.CC1=Cc2c(ccc3c2CCCC3)C1.CC1=Cc2cc3c(cc2C1)CCCC3.CC1Cc2cc3c(cc2C1=O)CCCC3.CC1Cc2cc3c(cc2C1O)CCCC3.CC1Cc2ccc3c(c2C1=O)CCCC3.CC1Cc2ccc3c(c2C1O)CCCC3.O=S(=O)(O)O. The predicted molar refractivity (Wildman–Crippen MR) is 384 cm³/mol. The number of ketones is 2. The standard InChI is InChI=1S/C14H18O.C14H16O.C14H18O.C14H16O.2C14H16.CH4.H2O4S/c2*1-9-6-12-7-10-4-2-3-5-11(10)8-13(12)14(9)15;2*1-9-8-11-7-6-10-4-2-3-5-12(10)13(11)14(9)15;1-10-6-13-8-11-4-2-3-5-12(11)9-14(13)7-10;1-10-8-12-7-6-11-4-2-3-5-13(11)14(12)9-10;;1-5(2,3)4/h7-9,14-15H,2-6H2,1H3;7-9H,2-6H2,1H3;6-7,9,14-15H,2-5,8H2,1H3;6-7,9H,2-5,8H2,1H3;6,8-9H,2-5,7H2,1H3;6-7,9H,2-5,8H2,1H3;1H4;(H2,1,2,3,4). The number of benzene rings is 6. The van der Waals surface area contributed by atoms with Crippen LogP contribution in [0.5, 0.6) is 0 Å². The summed E-state index contributed by atoms with van der Waals surface area (Å²) in [6.07, 6.45) is 41.4. The molecule has 500 valence electrons. The van der Waals surface area contributed by atoms with Gasteiger partial charge in [-0.25, -0.2) is 0 Å². The summed E-state index contributed by atoms with van der Waals surface area (Å²) in [6.45, 7) is 12.9. The average Bonchev–Trinajstić information content (AvgIpc) is 1.63. The Hall–Kier alpha value is -6.07. The lowest BCUT2D eigenvalue weighted by atomic mass is 9.86. The van der Waals surface area contributed by atoms with Crippen LogP contribution in [-0.4, -0.2) is 39.3 Å². The van der Waals surface area contributed by atoms with E-state index in [1.54, 1.807) is 44.5 Å². The fraction of sp³-hybridized carbons (Fsp3) is 0.506. The minimum absolute atomic E-state index is 0. The molecule has 0 aromatic heterocycles. The number of Topliss-reactive ketones (excluding diaryl/α,β-unsaturated/α-hetero) is 2. The molecule has 9 heteroatoms. The molecule has 18 rings (SSSR count). The van der Waals surface area contributed by atoms with Crippen molar-refractivity contribution in [2.45, 2.75) is 254 Å². The second kappa shape index (κ2) is 30.1. The molecule has 94 heavy (non-hydrogen) atoms. The number of carbonyl (C=O) groups is 2. The van der Waals surface area contributed by atoms with Crippen molar-refractivity contribution in [2.75, 3.05) is 0 Å². The number of fused-ring (bicyclic) bond motifs is 15. The second-order valence-electron chi connectivity index (χ2n) is 29.9. The summed E-state index contributed by atoms with van der Waals surface area (Å²) in [5.41, 5.74) is 37.5. The van der Waals surface area contributed by atoms with Crippen molar-refractivity contribution in [3.63, 3.8) is 0 Å². The van der Waals surface area contributed by atoms with Gasteiger partial charge in [-0.15, -0.1) is 0 Å². The van der Waals surface area contributed by atoms with E-state index in [9.17, 15) is 19.8 Å². The van der Waals surface area contributed by atoms with Crippen LogP contribution in [-0.2, 0) is 126 Å². The van der Waals surface area contributed by atoms with Crippen LogP contribution in [0.15, 0.2) is 83.9 Å². The Morgan fingerprint density at radius 1 is 0.383 bits per heavy atom. The number of hydrogen-bond acceptors (Lipinski definition) is 6. The number of rotatable bonds is 0. The highest BCUT2D eigenvalue weighted by atomic mass is 32.3. The summed E-state index contributed by atoms with van der Waals surface area (Å²) >= 11 is 0. The molecule has 6 unspecified atom stereocenters. The Balaban J connectivity index is 0.000000113. The van der Waals surface area contributed by atoms with Gasteiger partial charge in [-0.05, 0) is 347 Å².